The number of aryl methyl sites for hydroxylation is 1. The monoisotopic (exact) mass is 716 g/mol. The average molecular weight is 717 g/mol. The largest absolute Gasteiger partial charge is 0.499 e. The highest BCUT2D eigenvalue weighted by Gasteiger charge is 1.99. The van der Waals surface area contributed by atoms with Crippen LogP contribution in [0.1, 0.15) is 51.0 Å². The van der Waals surface area contributed by atoms with E-state index in [0.29, 0.717) is 145 Å². The van der Waals surface area contributed by atoms with Gasteiger partial charge in [0, 0.05) is 0 Å². The van der Waals surface area contributed by atoms with E-state index >= 15 is 0 Å². The van der Waals surface area contributed by atoms with Crippen molar-refractivity contribution in [3.8, 4) is 5.75 Å². The summed E-state index contributed by atoms with van der Waals surface area (Å²) in [6.45, 7) is 17.1. The van der Waals surface area contributed by atoms with E-state index in [1.807, 2.05) is 0 Å². The third kappa shape index (κ3) is 34.6. The van der Waals surface area contributed by atoms with Crippen LogP contribution in [0.2, 0.25) is 0 Å². The maximum Gasteiger partial charge on any atom is 0.119 e. The Kier molecular flexibility index (Phi) is 36.9. The van der Waals surface area contributed by atoms with Crippen molar-refractivity contribution >= 4 is 0 Å². The Morgan fingerprint density at radius 1 is 0.400 bits per heavy atom. The quantitative estimate of drug-likeness (QED) is 0.0648. The lowest BCUT2D eigenvalue weighted by molar-refractivity contribution is -0.0271. The van der Waals surface area contributed by atoms with Crippen LogP contribution in [0, 0.1) is 0 Å². The molecule has 0 atom stereocenters. The second-order valence-corrected chi connectivity index (χ2v) is 11.2. The molecule has 0 aromatic heterocycles. The Morgan fingerprint density at radius 2 is 0.720 bits per heavy atom. The Balaban J connectivity index is 1.68. The van der Waals surface area contributed by atoms with Gasteiger partial charge in [-0.05, 0) is 30.5 Å². The van der Waals surface area contributed by atoms with Gasteiger partial charge in [0.2, 0.25) is 0 Å². The topological polar surface area (TPSA) is 111 Å². The van der Waals surface area contributed by atoms with Gasteiger partial charge in [-0.25, -0.2) is 0 Å². The normalized spacial score (nSPS) is 11.3. The smallest absolute Gasteiger partial charge is 0.119 e. The zero-order valence-corrected chi connectivity index (χ0v) is 31.0. The molecule has 50 heavy (non-hydrogen) atoms. The molecule has 0 radical (unpaired) electrons. The van der Waals surface area contributed by atoms with E-state index in [2.05, 4.69) is 37.8 Å². The highest BCUT2D eigenvalue weighted by Crippen LogP contribution is 2.15. The highest BCUT2D eigenvalue weighted by atomic mass is 16.6. The molecule has 12 heteroatoms. The van der Waals surface area contributed by atoms with Crippen molar-refractivity contribution in [1.29, 1.82) is 0 Å². The minimum absolute atomic E-state index is 0.502. The number of ether oxygens (including phenoxy) is 12. The van der Waals surface area contributed by atoms with Crippen LogP contribution < -0.4 is 4.74 Å². The lowest BCUT2D eigenvalue weighted by Gasteiger charge is -2.09. The Morgan fingerprint density at radius 3 is 1.08 bits per heavy atom. The average Bonchev–Trinajstić information content (AvgIpc) is 3.13. The summed E-state index contributed by atoms with van der Waals surface area (Å²) in [6, 6.07) is 8.43. The number of hydrogen-bond donors (Lipinski definition) is 0. The van der Waals surface area contributed by atoms with E-state index in [-0.39, 0.29) is 0 Å². The van der Waals surface area contributed by atoms with Crippen LogP contribution in [0.3, 0.4) is 0 Å². The van der Waals surface area contributed by atoms with Gasteiger partial charge in [-0.1, -0.05) is 57.7 Å². The maximum absolute atomic E-state index is 5.77. The van der Waals surface area contributed by atoms with E-state index in [9.17, 15) is 0 Å². The Bertz CT molecular complexity index is 798. The number of benzene rings is 1. The van der Waals surface area contributed by atoms with Crippen molar-refractivity contribution in [2.24, 2.45) is 0 Å². The van der Waals surface area contributed by atoms with Crippen LogP contribution >= 0.6 is 0 Å². The number of hydrogen-bond acceptors (Lipinski definition) is 12. The molecule has 0 aliphatic heterocycles. The fourth-order valence-electron chi connectivity index (χ4n) is 4.35. The highest BCUT2D eigenvalue weighted by molar-refractivity contribution is 5.27. The summed E-state index contributed by atoms with van der Waals surface area (Å²) in [6.07, 6.45) is 10.5. The number of unbranched alkanes of at least 4 members (excludes halogenated alkanes) is 5. The fraction of sp³-hybridized carbons (Fsp3) is 0.789. The fourth-order valence-corrected chi connectivity index (χ4v) is 4.35. The van der Waals surface area contributed by atoms with Gasteiger partial charge in [0.05, 0.1) is 138 Å². The zero-order chi connectivity index (χ0) is 35.7. The van der Waals surface area contributed by atoms with E-state index in [1.54, 1.807) is 0 Å². The van der Waals surface area contributed by atoms with Gasteiger partial charge >= 0.3 is 0 Å². The molecule has 1 rings (SSSR count). The first-order valence-corrected chi connectivity index (χ1v) is 18.6. The van der Waals surface area contributed by atoms with Crippen LogP contribution in [0.15, 0.2) is 37.1 Å². The van der Waals surface area contributed by atoms with Gasteiger partial charge in [-0.3, -0.25) is 0 Å². The Labute approximate surface area is 302 Å². The van der Waals surface area contributed by atoms with Crippen LogP contribution in [-0.4, -0.2) is 145 Å². The van der Waals surface area contributed by atoms with Crippen molar-refractivity contribution < 1.29 is 56.8 Å². The molecule has 0 aliphatic carbocycles. The SMILES string of the molecule is C=COCCOCCOCCOCCOCCOCCOCCOCCOCCOCCOCCOc1ccc(CCCCCCCC)cc1. The molecule has 0 fully saturated rings. The van der Waals surface area contributed by atoms with Crippen LogP contribution in [0.25, 0.3) is 0 Å². The minimum Gasteiger partial charge on any atom is -0.499 e. The standard InChI is InChI=1S/C38H68O12/c1-3-5-6-7-8-9-10-37-11-13-38(14-12-37)50-36-35-49-34-33-48-32-31-47-30-29-46-28-27-45-26-25-44-24-23-43-22-21-42-20-19-41-18-17-40-16-15-39-4-2/h4,11-14H,2-3,5-10,15-36H2,1H3. The molecule has 0 N–H and O–H groups in total. The number of rotatable bonds is 42. The molecule has 0 spiro atoms. The molecular formula is C38H68O12. The molecule has 12 nitrogen and oxygen atoms in total. The first-order valence-electron chi connectivity index (χ1n) is 18.6. The van der Waals surface area contributed by atoms with Crippen molar-refractivity contribution in [1.82, 2.24) is 0 Å². The molecule has 0 amide bonds. The first-order chi connectivity index (χ1) is 24.9. The molecule has 1 aromatic carbocycles. The van der Waals surface area contributed by atoms with Gasteiger partial charge in [0.1, 0.15) is 19.0 Å². The van der Waals surface area contributed by atoms with Crippen molar-refractivity contribution in [2.45, 2.75) is 51.9 Å². The van der Waals surface area contributed by atoms with Crippen molar-refractivity contribution in [3.63, 3.8) is 0 Å². The maximum atomic E-state index is 5.77. The molecule has 0 bridgehead atoms. The summed E-state index contributed by atoms with van der Waals surface area (Å²) in [4.78, 5) is 0. The van der Waals surface area contributed by atoms with Gasteiger partial charge in [-0.15, -0.1) is 0 Å². The van der Waals surface area contributed by atoms with Crippen molar-refractivity contribution in [2.75, 3.05) is 145 Å². The second kappa shape index (κ2) is 39.9. The molecular weight excluding hydrogens is 648 g/mol. The van der Waals surface area contributed by atoms with Gasteiger partial charge < -0.3 is 56.8 Å². The van der Waals surface area contributed by atoms with E-state index in [0.717, 1.165) is 12.2 Å². The van der Waals surface area contributed by atoms with E-state index in [1.165, 1.54) is 50.4 Å². The molecule has 0 saturated carbocycles. The summed E-state index contributed by atoms with van der Waals surface area (Å²) < 4.78 is 65.5. The van der Waals surface area contributed by atoms with Crippen LogP contribution in [0.4, 0.5) is 0 Å². The first kappa shape index (κ1) is 46.2. The molecule has 292 valence electrons. The molecule has 0 unspecified atom stereocenters. The van der Waals surface area contributed by atoms with Gasteiger partial charge in [-0.2, -0.15) is 0 Å². The molecule has 0 aliphatic rings. The summed E-state index contributed by atoms with van der Waals surface area (Å²) >= 11 is 0. The summed E-state index contributed by atoms with van der Waals surface area (Å²) in [5.41, 5.74) is 1.38. The summed E-state index contributed by atoms with van der Waals surface area (Å²) in [7, 11) is 0. The summed E-state index contributed by atoms with van der Waals surface area (Å²) in [5, 5.41) is 0. The molecule has 0 heterocycles. The third-order valence-corrected chi connectivity index (χ3v) is 7.05. The van der Waals surface area contributed by atoms with Crippen molar-refractivity contribution in [3.05, 3.63) is 42.7 Å². The second-order valence-electron chi connectivity index (χ2n) is 11.2. The van der Waals surface area contributed by atoms with E-state index in [4.69, 9.17) is 56.8 Å². The van der Waals surface area contributed by atoms with Gasteiger partial charge in [0.15, 0.2) is 0 Å². The minimum atomic E-state index is 0.502. The van der Waals surface area contributed by atoms with Crippen LogP contribution in [-0.2, 0) is 58.5 Å². The van der Waals surface area contributed by atoms with Crippen LogP contribution in [0.5, 0.6) is 5.75 Å². The Hall–Kier alpha value is -1.84. The zero-order valence-electron chi connectivity index (χ0n) is 31.0. The third-order valence-electron chi connectivity index (χ3n) is 7.05. The predicted molar refractivity (Wildman–Crippen MR) is 193 cm³/mol. The lowest BCUT2D eigenvalue weighted by atomic mass is 10.0. The van der Waals surface area contributed by atoms with Gasteiger partial charge in [0.25, 0.3) is 0 Å². The molecule has 0 saturated heterocycles. The molecule has 1 aromatic rings. The lowest BCUT2D eigenvalue weighted by Crippen LogP contribution is -2.15. The predicted octanol–water partition coefficient (Wildman–Crippen LogP) is 5.29. The van der Waals surface area contributed by atoms with E-state index < -0.39 is 0 Å². The summed E-state index contributed by atoms with van der Waals surface area (Å²) in [5.74, 6) is 0.885.